The van der Waals surface area contributed by atoms with Crippen LogP contribution >= 0.6 is 23.2 Å². The van der Waals surface area contributed by atoms with Crippen LogP contribution in [-0.4, -0.2) is 33.4 Å². The normalized spacial score (nSPS) is 11.0. The van der Waals surface area contributed by atoms with Crippen LogP contribution in [0.4, 0.5) is 5.69 Å². The summed E-state index contributed by atoms with van der Waals surface area (Å²) in [5, 5.41) is 3.81. The number of hydrogen-bond donors (Lipinski definition) is 1. The van der Waals surface area contributed by atoms with Gasteiger partial charge in [0, 0.05) is 31.0 Å². The third-order valence-corrected chi connectivity index (χ3v) is 5.28. The molecule has 2 aromatic carbocycles. The maximum atomic E-state index is 12.5. The van der Waals surface area contributed by atoms with E-state index in [1.54, 1.807) is 24.4 Å². The van der Waals surface area contributed by atoms with Crippen LogP contribution in [0.2, 0.25) is 10.0 Å². The zero-order chi connectivity index (χ0) is 22.2. The summed E-state index contributed by atoms with van der Waals surface area (Å²) in [5.74, 6) is 1.53. The predicted octanol–water partition coefficient (Wildman–Crippen LogP) is 5.16. The van der Waals surface area contributed by atoms with Gasteiger partial charge < -0.3 is 14.6 Å². The summed E-state index contributed by atoms with van der Waals surface area (Å²) in [6, 6.07) is 12.9. The average Bonchev–Trinajstić information content (AvgIpc) is 3.14. The van der Waals surface area contributed by atoms with E-state index >= 15 is 0 Å². The number of imidazole rings is 1. The molecule has 0 saturated heterocycles. The molecule has 8 heteroatoms. The van der Waals surface area contributed by atoms with E-state index in [0.29, 0.717) is 28.9 Å². The van der Waals surface area contributed by atoms with E-state index in [4.69, 9.17) is 27.9 Å². The van der Waals surface area contributed by atoms with Crippen molar-refractivity contribution in [2.24, 2.45) is 7.05 Å². The Balaban J connectivity index is 1.55. The van der Waals surface area contributed by atoms with Gasteiger partial charge in [0.15, 0.2) is 0 Å². The second-order valence-corrected chi connectivity index (χ2v) is 8.11. The Morgan fingerprint density at radius 3 is 2.61 bits per heavy atom. The quantitative estimate of drug-likeness (QED) is 0.453. The van der Waals surface area contributed by atoms with Gasteiger partial charge in [-0.05, 0) is 48.9 Å². The average molecular weight is 461 g/mol. The zero-order valence-electron chi connectivity index (χ0n) is 17.6. The largest absolute Gasteiger partial charge is 0.486 e. The SMILES string of the molecule is CCCN(CC(=O)Nc1ccc(Cl)cc1Cl)Cc1ccc(OCc2nccn2C)cc1. The topological polar surface area (TPSA) is 59.4 Å². The summed E-state index contributed by atoms with van der Waals surface area (Å²) in [4.78, 5) is 18.9. The third kappa shape index (κ3) is 6.99. The molecule has 0 radical (unpaired) electrons. The van der Waals surface area contributed by atoms with Crippen LogP contribution in [0.25, 0.3) is 0 Å². The summed E-state index contributed by atoms with van der Waals surface area (Å²) >= 11 is 12.1. The summed E-state index contributed by atoms with van der Waals surface area (Å²) in [6.07, 6.45) is 4.59. The smallest absolute Gasteiger partial charge is 0.238 e. The van der Waals surface area contributed by atoms with E-state index in [0.717, 1.165) is 30.1 Å². The summed E-state index contributed by atoms with van der Waals surface area (Å²) in [7, 11) is 1.94. The molecule has 3 aromatic rings. The van der Waals surface area contributed by atoms with Crippen LogP contribution in [0.5, 0.6) is 5.75 Å². The van der Waals surface area contributed by atoms with Crippen LogP contribution in [-0.2, 0) is 25.0 Å². The van der Waals surface area contributed by atoms with E-state index in [9.17, 15) is 4.79 Å². The lowest BCUT2D eigenvalue weighted by Gasteiger charge is -2.21. The second kappa shape index (κ2) is 11.2. The minimum atomic E-state index is -0.118. The highest BCUT2D eigenvalue weighted by Crippen LogP contribution is 2.25. The number of nitrogens with one attached hydrogen (secondary N) is 1. The van der Waals surface area contributed by atoms with Crippen molar-refractivity contribution in [1.82, 2.24) is 14.5 Å². The first-order valence-corrected chi connectivity index (χ1v) is 10.9. The van der Waals surface area contributed by atoms with Gasteiger partial charge in [0.1, 0.15) is 18.2 Å². The molecule has 164 valence electrons. The summed E-state index contributed by atoms with van der Waals surface area (Å²) < 4.78 is 7.74. The van der Waals surface area contributed by atoms with Crippen molar-refractivity contribution < 1.29 is 9.53 Å². The van der Waals surface area contributed by atoms with Gasteiger partial charge in [-0.2, -0.15) is 0 Å². The fourth-order valence-corrected chi connectivity index (χ4v) is 3.60. The van der Waals surface area contributed by atoms with E-state index in [2.05, 4.69) is 22.1 Å². The Morgan fingerprint density at radius 1 is 1.19 bits per heavy atom. The van der Waals surface area contributed by atoms with Crippen molar-refractivity contribution in [3.8, 4) is 5.75 Å². The van der Waals surface area contributed by atoms with Crippen molar-refractivity contribution in [3.63, 3.8) is 0 Å². The molecule has 0 fully saturated rings. The Kier molecular flexibility index (Phi) is 8.35. The van der Waals surface area contributed by atoms with Gasteiger partial charge in [0.2, 0.25) is 5.91 Å². The molecule has 0 aliphatic heterocycles. The van der Waals surface area contributed by atoms with Crippen LogP contribution in [0, 0.1) is 0 Å². The number of amides is 1. The Bertz CT molecular complexity index is 1010. The molecule has 31 heavy (non-hydrogen) atoms. The zero-order valence-corrected chi connectivity index (χ0v) is 19.2. The van der Waals surface area contributed by atoms with Crippen LogP contribution in [0.3, 0.4) is 0 Å². The van der Waals surface area contributed by atoms with Gasteiger partial charge in [-0.15, -0.1) is 0 Å². The second-order valence-electron chi connectivity index (χ2n) is 7.27. The van der Waals surface area contributed by atoms with Gasteiger partial charge in [-0.25, -0.2) is 4.98 Å². The number of carbonyl (C=O) groups is 1. The van der Waals surface area contributed by atoms with Gasteiger partial charge >= 0.3 is 0 Å². The Hall–Kier alpha value is -2.54. The number of ether oxygens (including phenoxy) is 1. The summed E-state index contributed by atoms with van der Waals surface area (Å²) in [6.45, 7) is 4.24. The molecular weight excluding hydrogens is 435 g/mol. The molecular formula is C23H26Cl2N4O2. The standard InChI is InChI=1S/C23H26Cl2N4O2/c1-3-11-29(15-23(30)27-21-9-6-18(24)13-20(21)25)14-17-4-7-19(8-5-17)31-16-22-26-10-12-28(22)2/h4-10,12-13H,3,11,14-16H2,1-2H3,(H,27,30). The van der Waals surface area contributed by atoms with E-state index in [-0.39, 0.29) is 12.5 Å². The van der Waals surface area contributed by atoms with Gasteiger partial charge in [0.25, 0.3) is 0 Å². The van der Waals surface area contributed by atoms with Crippen molar-refractivity contribution in [3.05, 3.63) is 76.3 Å². The van der Waals surface area contributed by atoms with Crippen LogP contribution < -0.4 is 10.1 Å². The maximum absolute atomic E-state index is 12.5. The minimum absolute atomic E-state index is 0.118. The lowest BCUT2D eigenvalue weighted by Crippen LogP contribution is -2.33. The number of anilines is 1. The molecule has 0 spiro atoms. The third-order valence-electron chi connectivity index (χ3n) is 4.73. The van der Waals surface area contributed by atoms with E-state index < -0.39 is 0 Å². The van der Waals surface area contributed by atoms with Gasteiger partial charge in [-0.3, -0.25) is 9.69 Å². The lowest BCUT2D eigenvalue weighted by atomic mass is 10.2. The first-order chi connectivity index (χ1) is 14.9. The van der Waals surface area contributed by atoms with Crippen molar-refractivity contribution in [1.29, 1.82) is 0 Å². The monoisotopic (exact) mass is 460 g/mol. The lowest BCUT2D eigenvalue weighted by molar-refractivity contribution is -0.117. The fraction of sp³-hybridized carbons (Fsp3) is 0.304. The van der Waals surface area contributed by atoms with Crippen LogP contribution in [0.1, 0.15) is 24.7 Å². The van der Waals surface area contributed by atoms with Gasteiger partial charge in [0.05, 0.1) is 17.3 Å². The first-order valence-electron chi connectivity index (χ1n) is 10.1. The van der Waals surface area contributed by atoms with Crippen molar-refractivity contribution in [2.75, 3.05) is 18.4 Å². The fourth-order valence-electron chi connectivity index (χ4n) is 3.15. The predicted molar refractivity (Wildman–Crippen MR) is 125 cm³/mol. The highest BCUT2D eigenvalue weighted by atomic mass is 35.5. The number of rotatable bonds is 10. The number of aryl methyl sites for hydroxylation is 1. The van der Waals surface area contributed by atoms with E-state index in [1.165, 1.54) is 0 Å². The number of nitrogens with zero attached hydrogens (tertiary/aromatic N) is 3. The molecule has 1 heterocycles. The number of carbonyl (C=O) groups excluding carboxylic acids is 1. The van der Waals surface area contributed by atoms with Crippen molar-refractivity contribution in [2.45, 2.75) is 26.5 Å². The maximum Gasteiger partial charge on any atom is 0.238 e. The van der Waals surface area contributed by atoms with Crippen LogP contribution in [0.15, 0.2) is 54.9 Å². The molecule has 0 saturated carbocycles. The number of halogens is 2. The molecule has 6 nitrogen and oxygen atoms in total. The molecule has 1 N–H and O–H groups in total. The molecule has 0 atom stereocenters. The molecule has 0 unspecified atom stereocenters. The molecule has 0 bridgehead atoms. The molecule has 1 aromatic heterocycles. The molecule has 0 aliphatic carbocycles. The molecule has 0 aliphatic rings. The highest BCUT2D eigenvalue weighted by Gasteiger charge is 2.13. The molecule has 1 amide bonds. The summed E-state index contributed by atoms with van der Waals surface area (Å²) in [5.41, 5.74) is 1.66. The molecule has 3 rings (SSSR count). The first kappa shape index (κ1) is 23.1. The van der Waals surface area contributed by atoms with Crippen molar-refractivity contribution >= 4 is 34.8 Å². The van der Waals surface area contributed by atoms with Gasteiger partial charge in [-0.1, -0.05) is 42.3 Å². The highest BCUT2D eigenvalue weighted by molar-refractivity contribution is 6.36. The Morgan fingerprint density at radius 2 is 1.97 bits per heavy atom. The minimum Gasteiger partial charge on any atom is -0.486 e. The number of hydrogen-bond acceptors (Lipinski definition) is 4. The van der Waals surface area contributed by atoms with E-state index in [1.807, 2.05) is 42.1 Å². The Labute approximate surface area is 192 Å². The number of aromatic nitrogens is 2. The number of benzene rings is 2.